The second-order valence-electron chi connectivity index (χ2n) is 7.00. The molecule has 0 unspecified atom stereocenters. The summed E-state index contributed by atoms with van der Waals surface area (Å²) in [5, 5.41) is 3.53. The SMILES string of the molecule is C[C@@H]1CN[C@@H](CN2CCOCC2)CN1C(=O)OC(C)(C)C. The standard InChI is InChI=1S/C15H29N3O3/c1-12-9-16-13(10-17-5-7-20-8-6-17)11-18(12)14(19)21-15(2,3)4/h12-13,16H,5-11H2,1-4H3/t12-,13+/m1/s1. The molecule has 6 nitrogen and oxygen atoms in total. The van der Waals surface area contributed by atoms with Crippen LogP contribution in [0.1, 0.15) is 27.7 Å². The van der Waals surface area contributed by atoms with Crippen molar-refractivity contribution in [2.75, 3.05) is 45.9 Å². The molecule has 0 radical (unpaired) electrons. The number of nitrogens with one attached hydrogen (secondary N) is 1. The zero-order chi connectivity index (χ0) is 15.5. The number of amides is 1. The third-order valence-electron chi connectivity index (χ3n) is 3.86. The summed E-state index contributed by atoms with van der Waals surface area (Å²) in [6, 6.07) is 0.465. The quantitative estimate of drug-likeness (QED) is 0.821. The third-order valence-corrected chi connectivity index (χ3v) is 3.86. The van der Waals surface area contributed by atoms with Crippen LogP contribution in [0.15, 0.2) is 0 Å². The minimum atomic E-state index is -0.443. The first-order valence-electron chi connectivity index (χ1n) is 7.88. The summed E-state index contributed by atoms with van der Waals surface area (Å²) in [6.07, 6.45) is -0.205. The van der Waals surface area contributed by atoms with Gasteiger partial charge < -0.3 is 19.7 Å². The molecule has 2 heterocycles. The molecule has 6 heteroatoms. The smallest absolute Gasteiger partial charge is 0.410 e. The third kappa shape index (κ3) is 5.13. The van der Waals surface area contributed by atoms with Gasteiger partial charge in [-0.3, -0.25) is 4.90 Å². The van der Waals surface area contributed by atoms with Crippen molar-refractivity contribution in [1.29, 1.82) is 0 Å². The van der Waals surface area contributed by atoms with E-state index in [1.165, 1.54) is 0 Å². The van der Waals surface area contributed by atoms with E-state index in [-0.39, 0.29) is 12.1 Å². The highest BCUT2D eigenvalue weighted by Crippen LogP contribution is 2.15. The lowest BCUT2D eigenvalue weighted by atomic mass is 10.1. The van der Waals surface area contributed by atoms with Gasteiger partial charge in [-0.25, -0.2) is 4.79 Å². The lowest BCUT2D eigenvalue weighted by Crippen LogP contribution is -2.61. The molecule has 0 aromatic heterocycles. The van der Waals surface area contributed by atoms with Gasteiger partial charge in [-0.2, -0.15) is 0 Å². The molecule has 0 spiro atoms. The van der Waals surface area contributed by atoms with Crippen LogP contribution in [0.2, 0.25) is 0 Å². The van der Waals surface area contributed by atoms with Crippen LogP contribution in [-0.4, -0.2) is 79.5 Å². The number of carbonyl (C=O) groups is 1. The fourth-order valence-corrected chi connectivity index (χ4v) is 2.72. The molecule has 2 saturated heterocycles. The van der Waals surface area contributed by atoms with E-state index in [2.05, 4.69) is 17.1 Å². The van der Waals surface area contributed by atoms with Crippen molar-refractivity contribution in [2.45, 2.75) is 45.4 Å². The van der Waals surface area contributed by atoms with Crippen molar-refractivity contribution in [3.8, 4) is 0 Å². The van der Waals surface area contributed by atoms with E-state index in [0.29, 0.717) is 12.6 Å². The Morgan fingerprint density at radius 1 is 1.33 bits per heavy atom. The highest BCUT2D eigenvalue weighted by molar-refractivity contribution is 5.68. The van der Waals surface area contributed by atoms with Crippen LogP contribution in [0, 0.1) is 0 Å². The number of carbonyl (C=O) groups excluding carboxylic acids is 1. The first-order chi connectivity index (χ1) is 9.85. The summed E-state index contributed by atoms with van der Waals surface area (Å²) in [7, 11) is 0. The summed E-state index contributed by atoms with van der Waals surface area (Å²) >= 11 is 0. The second kappa shape index (κ2) is 6.94. The van der Waals surface area contributed by atoms with Crippen molar-refractivity contribution < 1.29 is 14.3 Å². The van der Waals surface area contributed by atoms with Gasteiger partial charge in [0.05, 0.1) is 13.2 Å². The molecule has 1 N–H and O–H groups in total. The molecule has 21 heavy (non-hydrogen) atoms. The van der Waals surface area contributed by atoms with Crippen LogP contribution in [0.5, 0.6) is 0 Å². The first kappa shape index (κ1) is 16.5. The van der Waals surface area contributed by atoms with E-state index < -0.39 is 5.60 Å². The number of rotatable bonds is 2. The molecule has 0 bridgehead atoms. The number of ether oxygens (including phenoxy) is 2. The Labute approximate surface area is 127 Å². The van der Waals surface area contributed by atoms with Gasteiger partial charge in [-0.1, -0.05) is 0 Å². The molecule has 0 aliphatic carbocycles. The van der Waals surface area contributed by atoms with Gasteiger partial charge in [0, 0.05) is 44.8 Å². The molecule has 2 aliphatic rings. The topological polar surface area (TPSA) is 54.0 Å². The average Bonchev–Trinajstić information content (AvgIpc) is 2.40. The Hall–Kier alpha value is -0.850. The van der Waals surface area contributed by atoms with Gasteiger partial charge >= 0.3 is 6.09 Å². The lowest BCUT2D eigenvalue weighted by molar-refractivity contribution is 0.00173. The molecule has 0 saturated carbocycles. The van der Waals surface area contributed by atoms with Crippen molar-refractivity contribution in [1.82, 2.24) is 15.1 Å². The first-order valence-corrected chi connectivity index (χ1v) is 7.88. The molecule has 122 valence electrons. The largest absolute Gasteiger partial charge is 0.444 e. The highest BCUT2D eigenvalue weighted by Gasteiger charge is 2.32. The van der Waals surface area contributed by atoms with Crippen LogP contribution in [0.4, 0.5) is 4.79 Å². The van der Waals surface area contributed by atoms with Crippen molar-refractivity contribution >= 4 is 6.09 Å². The zero-order valence-corrected chi connectivity index (χ0v) is 13.7. The van der Waals surface area contributed by atoms with Gasteiger partial charge in [-0.15, -0.1) is 0 Å². The van der Waals surface area contributed by atoms with E-state index >= 15 is 0 Å². The number of nitrogens with zero attached hydrogens (tertiary/aromatic N) is 2. The number of hydrogen-bond donors (Lipinski definition) is 1. The van der Waals surface area contributed by atoms with E-state index in [1.807, 2.05) is 25.7 Å². The summed E-state index contributed by atoms with van der Waals surface area (Å²) < 4.78 is 10.9. The van der Waals surface area contributed by atoms with E-state index in [1.54, 1.807) is 0 Å². The predicted molar refractivity (Wildman–Crippen MR) is 81.5 cm³/mol. The van der Waals surface area contributed by atoms with Crippen molar-refractivity contribution in [3.05, 3.63) is 0 Å². The van der Waals surface area contributed by atoms with E-state index in [0.717, 1.165) is 39.4 Å². The molecular formula is C15H29N3O3. The van der Waals surface area contributed by atoms with Gasteiger partial charge in [0.15, 0.2) is 0 Å². The van der Waals surface area contributed by atoms with Crippen LogP contribution < -0.4 is 5.32 Å². The highest BCUT2D eigenvalue weighted by atomic mass is 16.6. The zero-order valence-electron chi connectivity index (χ0n) is 13.7. The normalized spacial score (nSPS) is 28.5. The van der Waals surface area contributed by atoms with Gasteiger partial charge in [0.2, 0.25) is 0 Å². The molecule has 2 fully saturated rings. The Balaban J connectivity index is 1.87. The van der Waals surface area contributed by atoms with Crippen molar-refractivity contribution in [2.24, 2.45) is 0 Å². The summed E-state index contributed by atoms with van der Waals surface area (Å²) in [5.74, 6) is 0. The molecule has 1 amide bonds. The number of hydrogen-bond acceptors (Lipinski definition) is 5. The fraction of sp³-hybridized carbons (Fsp3) is 0.933. The monoisotopic (exact) mass is 299 g/mol. The Morgan fingerprint density at radius 2 is 2.00 bits per heavy atom. The Morgan fingerprint density at radius 3 is 2.62 bits per heavy atom. The molecule has 0 aromatic carbocycles. The molecule has 0 aromatic rings. The molecule has 2 rings (SSSR count). The summed E-state index contributed by atoms with van der Waals surface area (Å²) in [5.41, 5.74) is -0.443. The predicted octanol–water partition coefficient (Wildman–Crippen LogP) is 0.916. The molecule has 2 atom stereocenters. The number of morpholine rings is 1. The van der Waals surface area contributed by atoms with E-state index in [4.69, 9.17) is 9.47 Å². The van der Waals surface area contributed by atoms with Crippen molar-refractivity contribution in [3.63, 3.8) is 0 Å². The summed E-state index contributed by atoms with van der Waals surface area (Å²) in [4.78, 5) is 16.6. The number of piperazine rings is 1. The maximum absolute atomic E-state index is 12.3. The Bertz CT molecular complexity index is 351. The van der Waals surface area contributed by atoms with Gasteiger partial charge in [-0.05, 0) is 27.7 Å². The minimum Gasteiger partial charge on any atom is -0.444 e. The average molecular weight is 299 g/mol. The van der Waals surface area contributed by atoms with Gasteiger partial charge in [0.1, 0.15) is 5.60 Å². The molecular weight excluding hydrogens is 270 g/mol. The maximum atomic E-state index is 12.3. The van der Waals surface area contributed by atoms with Gasteiger partial charge in [0.25, 0.3) is 0 Å². The Kier molecular flexibility index (Phi) is 5.46. The fourth-order valence-electron chi connectivity index (χ4n) is 2.72. The lowest BCUT2D eigenvalue weighted by Gasteiger charge is -2.41. The maximum Gasteiger partial charge on any atom is 0.410 e. The van der Waals surface area contributed by atoms with Crippen LogP contribution >= 0.6 is 0 Å². The minimum absolute atomic E-state index is 0.167. The molecule has 2 aliphatic heterocycles. The summed E-state index contributed by atoms with van der Waals surface area (Å²) in [6.45, 7) is 13.8. The van der Waals surface area contributed by atoms with Crippen LogP contribution in [0.25, 0.3) is 0 Å². The van der Waals surface area contributed by atoms with Crippen LogP contribution in [0.3, 0.4) is 0 Å². The second-order valence-corrected chi connectivity index (χ2v) is 7.00. The van der Waals surface area contributed by atoms with Crippen LogP contribution in [-0.2, 0) is 9.47 Å². The van der Waals surface area contributed by atoms with E-state index in [9.17, 15) is 4.79 Å².